The second kappa shape index (κ2) is 4.63. The van der Waals surface area contributed by atoms with Gasteiger partial charge in [-0.1, -0.05) is 32.4 Å². The van der Waals surface area contributed by atoms with Crippen molar-refractivity contribution in [1.29, 1.82) is 0 Å². The van der Waals surface area contributed by atoms with Crippen molar-refractivity contribution >= 4 is 8.32 Å². The van der Waals surface area contributed by atoms with E-state index in [2.05, 4.69) is 46.9 Å². The Kier molecular flexibility index (Phi) is 4.03. The lowest BCUT2D eigenvalue weighted by Gasteiger charge is -2.37. The van der Waals surface area contributed by atoms with Crippen LogP contribution >= 0.6 is 0 Å². The van der Waals surface area contributed by atoms with Crippen LogP contribution in [0.3, 0.4) is 0 Å². The normalized spacial score (nSPS) is 27.1. The highest BCUT2D eigenvalue weighted by atomic mass is 28.4. The van der Waals surface area contributed by atoms with E-state index in [1.54, 1.807) is 0 Å². The van der Waals surface area contributed by atoms with Gasteiger partial charge in [-0.2, -0.15) is 0 Å². The van der Waals surface area contributed by atoms with Gasteiger partial charge in [0, 0.05) is 12.5 Å². The molecule has 16 heavy (non-hydrogen) atoms. The molecule has 0 heterocycles. The monoisotopic (exact) mass is 242 g/mol. The van der Waals surface area contributed by atoms with E-state index >= 15 is 0 Å². The Morgan fingerprint density at radius 3 is 2.38 bits per heavy atom. The summed E-state index contributed by atoms with van der Waals surface area (Å²) in [5, 5.41) is 10.1. The second-order valence-electron chi connectivity index (χ2n) is 6.43. The summed E-state index contributed by atoms with van der Waals surface area (Å²) in [5.74, 6) is 0.217. The van der Waals surface area contributed by atoms with E-state index < -0.39 is 8.32 Å². The zero-order valence-corrected chi connectivity index (χ0v) is 12.5. The fraction of sp³-hybridized carbons (Fsp3) is 0.846. The molecule has 1 aliphatic rings. The number of rotatable bonds is 3. The fourth-order valence-electron chi connectivity index (χ4n) is 1.68. The maximum atomic E-state index is 9.84. The molecule has 0 bridgehead atoms. The third-order valence-corrected chi connectivity index (χ3v) is 8.66. The van der Waals surface area contributed by atoms with Crippen molar-refractivity contribution in [2.75, 3.05) is 6.61 Å². The van der Waals surface area contributed by atoms with Gasteiger partial charge in [-0.3, -0.25) is 0 Å². The van der Waals surface area contributed by atoms with Gasteiger partial charge in [0.05, 0.1) is 6.10 Å². The van der Waals surface area contributed by atoms with Crippen molar-refractivity contribution < 1.29 is 9.53 Å². The lowest BCUT2D eigenvalue weighted by atomic mass is 10.0. The van der Waals surface area contributed by atoms with Crippen molar-refractivity contribution in [2.45, 2.75) is 58.4 Å². The molecule has 1 aliphatic carbocycles. The highest BCUT2D eigenvalue weighted by Gasteiger charge is 2.38. The lowest BCUT2D eigenvalue weighted by molar-refractivity contribution is 0.102. The topological polar surface area (TPSA) is 29.5 Å². The van der Waals surface area contributed by atoms with Crippen LogP contribution in [0.1, 0.15) is 34.1 Å². The van der Waals surface area contributed by atoms with E-state index in [9.17, 15) is 5.11 Å². The Morgan fingerprint density at radius 1 is 1.44 bits per heavy atom. The van der Waals surface area contributed by atoms with Crippen molar-refractivity contribution in [3.05, 3.63) is 11.6 Å². The SMILES string of the molecule is CC1=CC[C@H](O)[C@H]1CO[Si](C)(C)C(C)(C)C. The van der Waals surface area contributed by atoms with Gasteiger partial charge in [0.25, 0.3) is 0 Å². The number of hydrogen-bond donors (Lipinski definition) is 1. The summed E-state index contributed by atoms with van der Waals surface area (Å²) in [5.41, 5.74) is 1.28. The molecular weight excluding hydrogens is 216 g/mol. The maximum absolute atomic E-state index is 9.84. The molecule has 1 N–H and O–H groups in total. The third-order valence-electron chi connectivity index (χ3n) is 4.16. The molecule has 0 fully saturated rings. The van der Waals surface area contributed by atoms with E-state index in [1.165, 1.54) is 5.57 Å². The predicted octanol–water partition coefficient (Wildman–Crippen LogP) is 3.34. The van der Waals surface area contributed by atoms with Crippen LogP contribution in [-0.2, 0) is 4.43 Å². The first-order valence-electron chi connectivity index (χ1n) is 6.14. The molecule has 0 radical (unpaired) electrons. The standard InChI is InChI=1S/C13H26O2Si/c1-10-7-8-12(14)11(10)9-15-16(5,6)13(2,3)4/h7,11-12,14H,8-9H2,1-6H3/t11-,12-/m0/s1. The van der Waals surface area contributed by atoms with Crippen LogP contribution in [0.25, 0.3) is 0 Å². The minimum atomic E-state index is -1.67. The lowest BCUT2D eigenvalue weighted by Crippen LogP contribution is -2.42. The van der Waals surface area contributed by atoms with Crippen LogP contribution in [0, 0.1) is 5.92 Å². The molecule has 0 amide bonds. The minimum absolute atomic E-state index is 0.217. The van der Waals surface area contributed by atoms with Crippen LogP contribution in [0.15, 0.2) is 11.6 Å². The van der Waals surface area contributed by atoms with E-state index in [0.717, 1.165) is 6.42 Å². The summed E-state index contributed by atoms with van der Waals surface area (Å²) in [6, 6.07) is 0. The van der Waals surface area contributed by atoms with Crippen LogP contribution in [0.4, 0.5) is 0 Å². The van der Waals surface area contributed by atoms with Crippen LogP contribution in [-0.4, -0.2) is 26.1 Å². The highest BCUT2D eigenvalue weighted by Crippen LogP contribution is 2.37. The van der Waals surface area contributed by atoms with Gasteiger partial charge in [-0.25, -0.2) is 0 Å². The summed E-state index contributed by atoms with van der Waals surface area (Å²) in [6.07, 6.45) is 2.69. The van der Waals surface area contributed by atoms with Gasteiger partial charge in [0.15, 0.2) is 8.32 Å². The smallest absolute Gasteiger partial charge is 0.192 e. The van der Waals surface area contributed by atoms with Crippen molar-refractivity contribution in [2.24, 2.45) is 5.92 Å². The summed E-state index contributed by atoms with van der Waals surface area (Å²) < 4.78 is 6.16. The third kappa shape index (κ3) is 2.96. The average molecular weight is 242 g/mol. The molecule has 0 saturated heterocycles. The molecule has 0 aromatic carbocycles. The van der Waals surface area contributed by atoms with Crippen LogP contribution < -0.4 is 0 Å². The van der Waals surface area contributed by atoms with Crippen molar-refractivity contribution in [3.63, 3.8) is 0 Å². The Hall–Kier alpha value is -0.123. The summed E-state index contributed by atoms with van der Waals surface area (Å²) in [6.45, 7) is 14.0. The van der Waals surface area contributed by atoms with Gasteiger partial charge in [0.1, 0.15) is 0 Å². The van der Waals surface area contributed by atoms with E-state index in [4.69, 9.17) is 4.43 Å². The van der Waals surface area contributed by atoms with E-state index in [0.29, 0.717) is 6.61 Å². The molecule has 2 atom stereocenters. The molecule has 0 aromatic heterocycles. The Morgan fingerprint density at radius 2 is 2.00 bits per heavy atom. The first-order valence-corrected chi connectivity index (χ1v) is 9.04. The molecular formula is C13H26O2Si. The first kappa shape index (κ1) is 13.9. The number of aliphatic hydroxyl groups excluding tert-OH is 1. The van der Waals surface area contributed by atoms with Crippen LogP contribution in [0.5, 0.6) is 0 Å². The molecule has 3 heteroatoms. The molecule has 94 valence electrons. The Bertz CT molecular complexity index is 276. The second-order valence-corrected chi connectivity index (χ2v) is 11.2. The van der Waals surface area contributed by atoms with Gasteiger partial charge in [-0.15, -0.1) is 0 Å². The largest absolute Gasteiger partial charge is 0.416 e. The van der Waals surface area contributed by atoms with Crippen molar-refractivity contribution in [1.82, 2.24) is 0 Å². The summed E-state index contributed by atoms with van der Waals surface area (Å²) >= 11 is 0. The average Bonchev–Trinajstić information content (AvgIpc) is 2.42. The number of aliphatic hydroxyl groups is 1. The Labute approximate surface area is 101 Å². The Balaban J connectivity index is 2.55. The van der Waals surface area contributed by atoms with Crippen LogP contribution in [0.2, 0.25) is 18.1 Å². The van der Waals surface area contributed by atoms with E-state index in [1.807, 2.05) is 0 Å². The molecule has 0 spiro atoms. The van der Waals surface area contributed by atoms with Gasteiger partial charge < -0.3 is 9.53 Å². The fourth-order valence-corrected chi connectivity index (χ4v) is 2.71. The van der Waals surface area contributed by atoms with Crippen molar-refractivity contribution in [3.8, 4) is 0 Å². The summed E-state index contributed by atoms with van der Waals surface area (Å²) in [7, 11) is -1.67. The van der Waals surface area contributed by atoms with Gasteiger partial charge in [-0.05, 0) is 31.5 Å². The number of hydrogen-bond acceptors (Lipinski definition) is 2. The van der Waals surface area contributed by atoms with E-state index in [-0.39, 0.29) is 17.1 Å². The highest BCUT2D eigenvalue weighted by molar-refractivity contribution is 6.74. The molecule has 0 saturated carbocycles. The minimum Gasteiger partial charge on any atom is -0.416 e. The molecule has 0 aliphatic heterocycles. The molecule has 0 unspecified atom stereocenters. The molecule has 0 aromatic rings. The summed E-state index contributed by atoms with van der Waals surface area (Å²) in [4.78, 5) is 0. The molecule has 1 rings (SSSR count). The maximum Gasteiger partial charge on any atom is 0.192 e. The molecule has 2 nitrogen and oxygen atoms in total. The zero-order valence-electron chi connectivity index (χ0n) is 11.5. The zero-order chi connectivity index (χ0) is 12.6. The van der Waals surface area contributed by atoms with Gasteiger partial charge in [0.2, 0.25) is 0 Å². The predicted molar refractivity (Wildman–Crippen MR) is 71.0 cm³/mol. The first-order chi connectivity index (χ1) is 7.15. The van der Waals surface area contributed by atoms with Gasteiger partial charge >= 0.3 is 0 Å². The quantitative estimate of drug-likeness (QED) is 0.607.